The summed E-state index contributed by atoms with van der Waals surface area (Å²) < 4.78 is 2.35. The number of hydrazone groups is 1. The summed E-state index contributed by atoms with van der Waals surface area (Å²) in [5, 5.41) is 6.42. The summed E-state index contributed by atoms with van der Waals surface area (Å²) in [7, 11) is 0. The zero-order chi connectivity index (χ0) is 19.3. The summed E-state index contributed by atoms with van der Waals surface area (Å²) in [4.78, 5) is 0. The SMILES string of the molecule is Cc1c(/C=N\NCc2ccccc2Cl)c2ccccc2n1Cc1ccccc1. The van der Waals surface area contributed by atoms with Crippen molar-refractivity contribution in [2.75, 3.05) is 0 Å². The molecule has 3 nitrogen and oxygen atoms in total. The van der Waals surface area contributed by atoms with E-state index >= 15 is 0 Å². The molecule has 4 heteroatoms. The maximum atomic E-state index is 6.21. The zero-order valence-electron chi connectivity index (χ0n) is 15.8. The van der Waals surface area contributed by atoms with E-state index in [-0.39, 0.29) is 0 Å². The van der Waals surface area contributed by atoms with Crippen LogP contribution in [0.4, 0.5) is 0 Å². The van der Waals surface area contributed by atoms with Gasteiger partial charge in [0, 0.05) is 33.7 Å². The fourth-order valence-corrected chi connectivity index (χ4v) is 3.68. The number of nitrogens with zero attached hydrogens (tertiary/aromatic N) is 2. The number of nitrogens with one attached hydrogen (secondary N) is 1. The van der Waals surface area contributed by atoms with Gasteiger partial charge in [-0.3, -0.25) is 0 Å². The summed E-state index contributed by atoms with van der Waals surface area (Å²) >= 11 is 6.21. The van der Waals surface area contributed by atoms with Gasteiger partial charge in [-0.15, -0.1) is 0 Å². The number of halogens is 1. The van der Waals surface area contributed by atoms with Crippen LogP contribution in [0.15, 0.2) is 84.0 Å². The third kappa shape index (κ3) is 3.80. The van der Waals surface area contributed by atoms with Crippen molar-refractivity contribution in [1.29, 1.82) is 0 Å². The number of aromatic nitrogens is 1. The first-order valence-electron chi connectivity index (χ1n) is 9.35. The van der Waals surface area contributed by atoms with Gasteiger partial charge in [-0.05, 0) is 30.2 Å². The lowest BCUT2D eigenvalue weighted by molar-refractivity contribution is 0.748. The highest BCUT2D eigenvalue weighted by molar-refractivity contribution is 6.31. The summed E-state index contributed by atoms with van der Waals surface area (Å²) in [6.07, 6.45) is 1.91. The van der Waals surface area contributed by atoms with Crippen molar-refractivity contribution in [2.45, 2.75) is 20.0 Å². The number of hydrogen-bond donors (Lipinski definition) is 1. The summed E-state index contributed by atoms with van der Waals surface area (Å²) in [5.74, 6) is 0. The predicted molar refractivity (Wildman–Crippen MR) is 118 cm³/mol. The van der Waals surface area contributed by atoms with Gasteiger partial charge in [-0.1, -0.05) is 78.3 Å². The summed E-state index contributed by atoms with van der Waals surface area (Å²) in [6, 6.07) is 26.8. The van der Waals surface area contributed by atoms with Crippen LogP contribution in [0.3, 0.4) is 0 Å². The Bertz CT molecular complexity index is 1110. The molecular formula is C24H22ClN3. The van der Waals surface area contributed by atoms with E-state index in [1.54, 1.807) is 0 Å². The second-order valence-corrected chi connectivity index (χ2v) is 7.18. The van der Waals surface area contributed by atoms with Crippen LogP contribution in [0.5, 0.6) is 0 Å². The Hall–Kier alpha value is -3.04. The molecule has 0 spiro atoms. The highest BCUT2D eigenvalue weighted by Gasteiger charge is 2.12. The van der Waals surface area contributed by atoms with E-state index in [2.05, 4.69) is 70.5 Å². The van der Waals surface area contributed by atoms with Crippen molar-refractivity contribution < 1.29 is 0 Å². The molecule has 0 aliphatic carbocycles. The Labute approximate surface area is 170 Å². The molecule has 0 aliphatic heterocycles. The van der Waals surface area contributed by atoms with E-state index in [9.17, 15) is 0 Å². The van der Waals surface area contributed by atoms with E-state index in [1.807, 2.05) is 36.5 Å². The van der Waals surface area contributed by atoms with Crippen LogP contribution in [0.1, 0.15) is 22.4 Å². The van der Waals surface area contributed by atoms with Gasteiger partial charge in [0.1, 0.15) is 0 Å². The van der Waals surface area contributed by atoms with Crippen molar-refractivity contribution in [3.8, 4) is 0 Å². The average Bonchev–Trinajstić information content (AvgIpc) is 2.99. The molecule has 0 atom stereocenters. The van der Waals surface area contributed by atoms with Gasteiger partial charge >= 0.3 is 0 Å². The van der Waals surface area contributed by atoms with Crippen LogP contribution >= 0.6 is 11.6 Å². The van der Waals surface area contributed by atoms with E-state index in [0.29, 0.717) is 6.54 Å². The van der Waals surface area contributed by atoms with Crippen LogP contribution < -0.4 is 5.43 Å². The largest absolute Gasteiger partial charge is 0.340 e. The molecule has 4 rings (SSSR count). The van der Waals surface area contributed by atoms with Crippen molar-refractivity contribution in [3.63, 3.8) is 0 Å². The Balaban J connectivity index is 1.60. The maximum Gasteiger partial charge on any atom is 0.0594 e. The summed E-state index contributed by atoms with van der Waals surface area (Å²) in [6.45, 7) is 3.59. The maximum absolute atomic E-state index is 6.21. The molecule has 0 unspecified atom stereocenters. The highest BCUT2D eigenvalue weighted by atomic mass is 35.5. The fourth-order valence-electron chi connectivity index (χ4n) is 3.47. The first-order valence-corrected chi connectivity index (χ1v) is 9.73. The number of fused-ring (bicyclic) bond motifs is 1. The van der Waals surface area contributed by atoms with Gasteiger partial charge in [-0.25, -0.2) is 0 Å². The van der Waals surface area contributed by atoms with Crippen molar-refractivity contribution in [1.82, 2.24) is 9.99 Å². The van der Waals surface area contributed by atoms with Gasteiger partial charge in [0.2, 0.25) is 0 Å². The number of rotatable bonds is 6. The number of para-hydroxylation sites is 1. The molecular weight excluding hydrogens is 366 g/mol. The van der Waals surface area contributed by atoms with Gasteiger partial charge in [0.25, 0.3) is 0 Å². The second kappa shape index (κ2) is 8.32. The van der Waals surface area contributed by atoms with Gasteiger partial charge < -0.3 is 9.99 Å². The van der Waals surface area contributed by atoms with Crippen LogP contribution in [-0.2, 0) is 13.1 Å². The van der Waals surface area contributed by atoms with Crippen LogP contribution in [0.2, 0.25) is 5.02 Å². The van der Waals surface area contributed by atoms with Crippen molar-refractivity contribution >= 4 is 28.7 Å². The first-order chi connectivity index (χ1) is 13.7. The average molecular weight is 388 g/mol. The third-order valence-electron chi connectivity index (χ3n) is 4.98. The molecule has 0 fully saturated rings. The normalized spacial score (nSPS) is 11.4. The van der Waals surface area contributed by atoms with Crippen LogP contribution in [-0.4, -0.2) is 10.8 Å². The van der Waals surface area contributed by atoms with Gasteiger partial charge in [0.05, 0.1) is 12.8 Å². The van der Waals surface area contributed by atoms with Crippen LogP contribution in [0.25, 0.3) is 10.9 Å². The first kappa shape index (κ1) is 18.3. The van der Waals surface area contributed by atoms with Crippen LogP contribution in [0, 0.1) is 6.92 Å². The quantitative estimate of drug-likeness (QED) is 0.330. The molecule has 0 saturated heterocycles. The van der Waals surface area contributed by atoms with Crippen molar-refractivity contribution in [3.05, 3.63) is 106 Å². The van der Waals surface area contributed by atoms with E-state index in [4.69, 9.17) is 11.6 Å². The predicted octanol–water partition coefficient (Wildman–Crippen LogP) is 5.78. The Morgan fingerprint density at radius 2 is 1.64 bits per heavy atom. The Morgan fingerprint density at radius 3 is 2.46 bits per heavy atom. The summed E-state index contributed by atoms with van der Waals surface area (Å²) in [5.41, 5.74) is 8.99. The molecule has 140 valence electrons. The zero-order valence-corrected chi connectivity index (χ0v) is 16.5. The molecule has 1 heterocycles. The number of hydrogen-bond acceptors (Lipinski definition) is 2. The number of benzene rings is 3. The lowest BCUT2D eigenvalue weighted by Gasteiger charge is -2.08. The Morgan fingerprint density at radius 1 is 0.929 bits per heavy atom. The van der Waals surface area contributed by atoms with E-state index in [1.165, 1.54) is 22.2 Å². The molecule has 0 amide bonds. The standard InChI is InChI=1S/C24H22ClN3/c1-18-22(16-27-26-15-20-11-5-7-13-23(20)25)21-12-6-8-14-24(21)28(18)17-19-9-3-2-4-10-19/h2-14,16,26H,15,17H2,1H3/b27-16-. The Kier molecular flexibility index (Phi) is 5.45. The molecule has 1 aromatic heterocycles. The minimum absolute atomic E-state index is 0.595. The van der Waals surface area contributed by atoms with E-state index < -0.39 is 0 Å². The third-order valence-corrected chi connectivity index (χ3v) is 5.34. The molecule has 0 bridgehead atoms. The lowest BCUT2D eigenvalue weighted by atomic mass is 10.1. The van der Waals surface area contributed by atoms with E-state index in [0.717, 1.165) is 22.7 Å². The highest BCUT2D eigenvalue weighted by Crippen LogP contribution is 2.25. The molecule has 1 N–H and O–H groups in total. The molecule has 0 aliphatic rings. The molecule has 28 heavy (non-hydrogen) atoms. The molecule has 4 aromatic rings. The fraction of sp³-hybridized carbons (Fsp3) is 0.125. The minimum Gasteiger partial charge on any atom is -0.340 e. The van der Waals surface area contributed by atoms with Crippen molar-refractivity contribution in [2.24, 2.45) is 5.10 Å². The molecule has 0 saturated carbocycles. The lowest BCUT2D eigenvalue weighted by Crippen LogP contribution is -2.06. The van der Waals surface area contributed by atoms with Gasteiger partial charge in [-0.2, -0.15) is 5.10 Å². The molecule has 0 radical (unpaired) electrons. The molecule has 3 aromatic carbocycles. The topological polar surface area (TPSA) is 29.3 Å². The monoisotopic (exact) mass is 387 g/mol. The smallest absolute Gasteiger partial charge is 0.0594 e. The van der Waals surface area contributed by atoms with Gasteiger partial charge in [0.15, 0.2) is 0 Å². The second-order valence-electron chi connectivity index (χ2n) is 6.77. The minimum atomic E-state index is 0.595.